The number of carbonyl (C=O) groups excluding carboxylic acids is 1. The molecular formula is C13H14BrF3NO4P. The van der Waals surface area contributed by atoms with Gasteiger partial charge < -0.3 is 9.84 Å². The highest BCUT2D eigenvalue weighted by Crippen LogP contribution is 2.64. The Balaban J connectivity index is 2.92. The number of hydrogen-bond donors (Lipinski definition) is 1. The van der Waals surface area contributed by atoms with Gasteiger partial charge in [0.2, 0.25) is 0 Å². The molecule has 5 nitrogen and oxygen atoms in total. The maximum absolute atomic E-state index is 12.5. The molecule has 1 rings (SSSR count). The first-order valence-electron chi connectivity index (χ1n) is 6.29. The molecule has 0 aliphatic carbocycles. The van der Waals surface area contributed by atoms with Crippen molar-refractivity contribution in [3.8, 4) is 0 Å². The number of carbonyl (C=O) groups is 1. The molecule has 2 unspecified atom stereocenters. The zero-order valence-corrected chi connectivity index (χ0v) is 14.5. The van der Waals surface area contributed by atoms with Crippen molar-refractivity contribution in [2.45, 2.75) is 17.7 Å². The summed E-state index contributed by atoms with van der Waals surface area (Å²) in [6, 6.07) is 5.28. The van der Waals surface area contributed by atoms with Crippen LogP contribution in [0.4, 0.5) is 18.9 Å². The maximum atomic E-state index is 12.5. The van der Waals surface area contributed by atoms with Crippen LogP contribution in [-0.2, 0) is 18.4 Å². The van der Waals surface area contributed by atoms with E-state index in [-0.39, 0.29) is 12.3 Å². The molecule has 0 aromatic heterocycles. The minimum Gasteiger partial charge on any atom is -0.432 e. The first-order valence-corrected chi connectivity index (χ1v) is 8.82. The molecule has 1 N–H and O–H groups in total. The molecule has 2 atom stereocenters. The van der Waals surface area contributed by atoms with Crippen molar-refractivity contribution in [2.75, 3.05) is 11.9 Å². The Morgan fingerprint density at radius 1 is 1.43 bits per heavy atom. The van der Waals surface area contributed by atoms with Crippen molar-refractivity contribution in [1.29, 1.82) is 0 Å². The van der Waals surface area contributed by atoms with Crippen LogP contribution in [0.1, 0.15) is 17.1 Å². The number of anilines is 1. The summed E-state index contributed by atoms with van der Waals surface area (Å²) in [6.07, 6.45) is -3.98. The molecule has 1 amide bonds. The van der Waals surface area contributed by atoms with Crippen molar-refractivity contribution in [1.82, 2.24) is 0 Å². The lowest BCUT2D eigenvalue weighted by molar-refractivity contribution is -0.167. The van der Waals surface area contributed by atoms with Crippen molar-refractivity contribution in [3.05, 3.63) is 42.7 Å². The van der Waals surface area contributed by atoms with Gasteiger partial charge >= 0.3 is 19.7 Å². The van der Waals surface area contributed by atoms with Gasteiger partial charge in [-0.3, -0.25) is 9.32 Å². The van der Waals surface area contributed by atoms with Crippen LogP contribution in [0.3, 0.4) is 0 Å². The zero-order chi connectivity index (χ0) is 17.7. The zero-order valence-electron chi connectivity index (χ0n) is 12.0. The minimum absolute atomic E-state index is 0.0494. The number of benzene rings is 1. The van der Waals surface area contributed by atoms with Crippen LogP contribution in [-0.4, -0.2) is 18.7 Å². The van der Waals surface area contributed by atoms with Crippen LogP contribution in [0, 0.1) is 0 Å². The number of hydrogen-bond acceptors (Lipinski definition) is 4. The molecule has 0 heterocycles. The van der Waals surface area contributed by atoms with Crippen LogP contribution in [0.25, 0.3) is 0 Å². The molecule has 0 saturated carbocycles. The lowest BCUT2D eigenvalue weighted by Crippen LogP contribution is -2.29. The first kappa shape index (κ1) is 19.7. The summed E-state index contributed by atoms with van der Waals surface area (Å²) >= 11 is 3.19. The predicted molar refractivity (Wildman–Crippen MR) is 83.3 cm³/mol. The largest absolute Gasteiger partial charge is 0.471 e. The Morgan fingerprint density at radius 3 is 2.43 bits per heavy atom. The van der Waals surface area contributed by atoms with Gasteiger partial charge in [0.1, 0.15) is 0 Å². The van der Waals surface area contributed by atoms with Gasteiger partial charge in [-0.2, -0.15) is 13.2 Å². The van der Waals surface area contributed by atoms with E-state index in [0.29, 0.717) is 5.56 Å². The van der Waals surface area contributed by atoms with Crippen molar-refractivity contribution in [3.63, 3.8) is 0 Å². The van der Waals surface area contributed by atoms with E-state index in [1.54, 1.807) is 12.2 Å². The van der Waals surface area contributed by atoms with E-state index in [1.165, 1.54) is 24.3 Å². The molecule has 1 aromatic rings. The third-order valence-electron chi connectivity index (χ3n) is 2.51. The van der Waals surface area contributed by atoms with Crippen LogP contribution in [0.2, 0.25) is 0 Å². The molecule has 0 radical (unpaired) electrons. The summed E-state index contributed by atoms with van der Waals surface area (Å²) in [5.41, 5.74) is 0.389. The summed E-state index contributed by atoms with van der Waals surface area (Å²) in [4.78, 5) is 10.8. The van der Waals surface area contributed by atoms with Crippen molar-refractivity contribution < 1.29 is 31.6 Å². The Hall–Kier alpha value is -1.31. The number of rotatable bonds is 7. The number of halogens is 4. The van der Waals surface area contributed by atoms with Crippen LogP contribution < -0.4 is 5.32 Å². The fourth-order valence-corrected chi connectivity index (χ4v) is 3.90. The predicted octanol–water partition coefficient (Wildman–Crippen LogP) is 4.97. The highest BCUT2D eigenvalue weighted by Gasteiger charge is 2.39. The van der Waals surface area contributed by atoms with Gasteiger partial charge in [0.05, 0.1) is 12.9 Å². The number of amides is 1. The second-order valence-corrected chi connectivity index (χ2v) is 7.83. The molecule has 23 heavy (non-hydrogen) atoms. The van der Waals surface area contributed by atoms with E-state index in [4.69, 9.17) is 9.05 Å². The molecule has 0 aliphatic rings. The van der Waals surface area contributed by atoms with Crippen LogP contribution in [0.5, 0.6) is 0 Å². The standard InChI is InChI=1S/C13H14BrF3NO4P/c1-3-21-23(20,22-4-2)11(14)9-5-7-10(8-6-9)18-12(19)13(15,16)17/h3,5-8,11H,1,4H2,2H3,(H,18,19). The summed E-state index contributed by atoms with van der Waals surface area (Å²) in [5.74, 6) is -2.07. The molecule has 0 fully saturated rings. The van der Waals surface area contributed by atoms with E-state index in [1.807, 2.05) is 0 Å². The van der Waals surface area contributed by atoms with Crippen LogP contribution in [0.15, 0.2) is 37.1 Å². The minimum atomic E-state index is -4.97. The normalized spacial score (nSPS) is 15.3. The van der Waals surface area contributed by atoms with Crippen molar-refractivity contribution >= 4 is 35.1 Å². The first-order chi connectivity index (χ1) is 10.6. The molecule has 0 saturated heterocycles. The second-order valence-electron chi connectivity index (χ2n) is 4.14. The number of alkyl halides is 4. The van der Waals surface area contributed by atoms with Crippen LogP contribution >= 0.6 is 23.5 Å². The average molecular weight is 416 g/mol. The average Bonchev–Trinajstić information content (AvgIpc) is 2.47. The number of nitrogens with one attached hydrogen (secondary N) is 1. The molecule has 1 aromatic carbocycles. The lowest BCUT2D eigenvalue weighted by atomic mass is 10.2. The van der Waals surface area contributed by atoms with Gasteiger partial charge in [0.25, 0.3) is 0 Å². The topological polar surface area (TPSA) is 64.6 Å². The van der Waals surface area contributed by atoms with E-state index in [9.17, 15) is 22.5 Å². The SMILES string of the molecule is C=COP(=O)(OCC)C(Br)c1ccc(NC(=O)C(F)(F)F)cc1. The van der Waals surface area contributed by atoms with Gasteiger partial charge in [0.15, 0.2) is 4.57 Å². The second kappa shape index (κ2) is 7.99. The highest BCUT2D eigenvalue weighted by molar-refractivity contribution is 9.10. The highest BCUT2D eigenvalue weighted by atomic mass is 79.9. The fourth-order valence-electron chi connectivity index (χ4n) is 1.54. The Kier molecular flexibility index (Phi) is 6.85. The van der Waals surface area contributed by atoms with E-state index in [0.717, 1.165) is 6.26 Å². The van der Waals surface area contributed by atoms with Gasteiger partial charge in [-0.1, -0.05) is 34.6 Å². The van der Waals surface area contributed by atoms with Gasteiger partial charge in [0, 0.05) is 5.69 Å². The summed E-state index contributed by atoms with van der Waals surface area (Å²) in [6.45, 7) is 5.09. The molecular weight excluding hydrogens is 402 g/mol. The van der Waals surface area contributed by atoms with Crippen molar-refractivity contribution in [2.24, 2.45) is 0 Å². The molecule has 0 bridgehead atoms. The fraction of sp³-hybridized carbons (Fsp3) is 0.308. The van der Waals surface area contributed by atoms with E-state index >= 15 is 0 Å². The monoisotopic (exact) mass is 415 g/mol. The summed E-state index contributed by atoms with van der Waals surface area (Å²) in [7, 11) is -3.57. The van der Waals surface area contributed by atoms with E-state index < -0.39 is 24.2 Å². The Bertz CT molecular complexity index is 606. The summed E-state index contributed by atoms with van der Waals surface area (Å²) in [5, 5.41) is 1.71. The molecule has 128 valence electrons. The van der Waals surface area contributed by atoms with Gasteiger partial charge in [-0.15, -0.1) is 0 Å². The Morgan fingerprint density at radius 2 is 2.00 bits per heavy atom. The third-order valence-corrected chi connectivity index (χ3v) is 6.46. The summed E-state index contributed by atoms with van der Waals surface area (Å²) < 4.78 is 58.3. The maximum Gasteiger partial charge on any atom is 0.471 e. The smallest absolute Gasteiger partial charge is 0.432 e. The third kappa shape index (κ3) is 5.37. The molecule has 10 heteroatoms. The molecule has 0 aliphatic heterocycles. The van der Waals surface area contributed by atoms with E-state index in [2.05, 4.69) is 22.5 Å². The van der Waals surface area contributed by atoms with Gasteiger partial charge in [-0.05, 0) is 24.6 Å². The van der Waals surface area contributed by atoms with Gasteiger partial charge in [-0.25, -0.2) is 4.57 Å². The Labute approximate surface area is 139 Å². The molecule has 0 spiro atoms. The lowest BCUT2D eigenvalue weighted by Gasteiger charge is -2.21. The quantitative estimate of drug-likeness (QED) is 0.387.